The smallest absolute Gasteiger partial charge is 0.372 e. The lowest BCUT2D eigenvalue weighted by molar-refractivity contribution is -0.139. The van der Waals surface area contributed by atoms with Gasteiger partial charge in [0, 0.05) is 13.0 Å². The zero-order chi connectivity index (χ0) is 15.5. The number of hydrogen-bond acceptors (Lipinski definition) is 4. The second kappa shape index (κ2) is 10.3. The van der Waals surface area contributed by atoms with Gasteiger partial charge >= 0.3 is 5.97 Å². The average Bonchev–Trinajstić information content (AvgIpc) is 2.43. The largest absolute Gasteiger partial charge is 0.490 e. The molecule has 4 heteroatoms. The van der Waals surface area contributed by atoms with Crippen molar-refractivity contribution in [2.45, 2.75) is 33.3 Å². The van der Waals surface area contributed by atoms with Crippen LogP contribution in [-0.2, 0) is 19.0 Å². The third kappa shape index (κ3) is 6.57. The molecule has 4 nitrogen and oxygen atoms in total. The number of rotatable bonds is 8. The Labute approximate surface area is 122 Å². The maximum atomic E-state index is 11.4. The van der Waals surface area contributed by atoms with E-state index in [4.69, 9.17) is 9.47 Å². The molecule has 0 radical (unpaired) electrons. The first-order valence-corrected chi connectivity index (χ1v) is 6.66. The zero-order valence-electron chi connectivity index (χ0n) is 13.3. The molecule has 0 fully saturated rings. The van der Waals surface area contributed by atoms with Gasteiger partial charge in [-0.25, -0.2) is 4.79 Å². The maximum Gasteiger partial charge on any atom is 0.372 e. The molecule has 0 bridgehead atoms. The molecule has 2 unspecified atom stereocenters. The van der Waals surface area contributed by atoms with Crippen LogP contribution in [-0.4, -0.2) is 33.4 Å². The van der Waals surface area contributed by atoms with Crippen molar-refractivity contribution in [1.29, 1.82) is 0 Å². The quantitative estimate of drug-likeness (QED) is 0.297. The molecule has 0 rings (SSSR count). The minimum absolute atomic E-state index is 0.0231. The molecule has 0 aliphatic heterocycles. The van der Waals surface area contributed by atoms with Crippen LogP contribution in [0.2, 0.25) is 0 Å². The van der Waals surface area contributed by atoms with Crippen LogP contribution in [0.1, 0.15) is 27.2 Å². The van der Waals surface area contributed by atoms with Gasteiger partial charge in [0.1, 0.15) is 0 Å². The molecule has 0 heterocycles. The van der Waals surface area contributed by atoms with Crippen LogP contribution >= 0.6 is 0 Å². The van der Waals surface area contributed by atoms with E-state index in [9.17, 15) is 4.79 Å². The van der Waals surface area contributed by atoms with Gasteiger partial charge in [0.05, 0.1) is 20.3 Å². The van der Waals surface area contributed by atoms with Gasteiger partial charge in [-0.05, 0) is 26.3 Å². The zero-order valence-corrected chi connectivity index (χ0v) is 13.3. The number of allylic oxidation sites excluding steroid dienone is 3. The Kier molecular flexibility index (Phi) is 9.47. The molecule has 20 heavy (non-hydrogen) atoms. The predicted molar refractivity (Wildman–Crippen MR) is 80.3 cm³/mol. The Hall–Kier alpha value is -1.55. The van der Waals surface area contributed by atoms with Crippen molar-refractivity contribution >= 4 is 5.97 Å². The van der Waals surface area contributed by atoms with E-state index in [1.807, 2.05) is 26.0 Å². The molecule has 0 saturated carbocycles. The lowest BCUT2D eigenvalue weighted by atomic mass is 9.98. The van der Waals surface area contributed by atoms with Crippen molar-refractivity contribution in [3.8, 4) is 0 Å². The van der Waals surface area contributed by atoms with E-state index in [1.54, 1.807) is 13.2 Å². The summed E-state index contributed by atoms with van der Waals surface area (Å²) in [5.74, 6) is -0.0465. The van der Waals surface area contributed by atoms with Gasteiger partial charge in [0.2, 0.25) is 0 Å². The van der Waals surface area contributed by atoms with Crippen molar-refractivity contribution in [2.75, 3.05) is 21.3 Å². The van der Waals surface area contributed by atoms with Crippen molar-refractivity contribution < 1.29 is 19.0 Å². The van der Waals surface area contributed by atoms with E-state index < -0.39 is 5.97 Å². The normalized spacial score (nSPS) is 16.1. The van der Waals surface area contributed by atoms with Gasteiger partial charge in [-0.15, -0.1) is 0 Å². The summed E-state index contributed by atoms with van der Waals surface area (Å²) in [5, 5.41) is 0. The topological polar surface area (TPSA) is 44.8 Å². The first-order valence-electron chi connectivity index (χ1n) is 6.66. The molecule has 2 atom stereocenters. The van der Waals surface area contributed by atoms with Crippen LogP contribution in [0.5, 0.6) is 0 Å². The SMILES string of the molecule is CC=CC(C)=CC(C)C(CC=C(OC)C(=O)OC)OC. The summed E-state index contributed by atoms with van der Waals surface area (Å²) < 4.78 is 15.1. The number of carbonyl (C=O) groups is 1. The fraction of sp³-hybridized carbons (Fsp3) is 0.562. The molecule has 0 aromatic heterocycles. The molecular formula is C16H26O4. The number of hydrogen-bond donors (Lipinski definition) is 0. The highest BCUT2D eigenvalue weighted by Crippen LogP contribution is 2.17. The minimum atomic E-state index is -0.476. The van der Waals surface area contributed by atoms with E-state index in [0.717, 1.165) is 0 Å². The van der Waals surface area contributed by atoms with E-state index in [1.165, 1.54) is 19.8 Å². The molecule has 0 aliphatic rings. The van der Waals surface area contributed by atoms with E-state index in [-0.39, 0.29) is 17.8 Å². The van der Waals surface area contributed by atoms with Gasteiger partial charge in [0.25, 0.3) is 0 Å². The van der Waals surface area contributed by atoms with Crippen molar-refractivity contribution in [1.82, 2.24) is 0 Å². The summed E-state index contributed by atoms with van der Waals surface area (Å²) in [4.78, 5) is 11.4. The third-order valence-electron chi connectivity index (χ3n) is 2.99. The van der Waals surface area contributed by atoms with E-state index in [0.29, 0.717) is 6.42 Å². The first kappa shape index (κ1) is 18.4. The highest BCUT2D eigenvalue weighted by atomic mass is 16.6. The average molecular weight is 282 g/mol. The van der Waals surface area contributed by atoms with Crippen LogP contribution in [0.15, 0.2) is 35.6 Å². The highest BCUT2D eigenvalue weighted by molar-refractivity contribution is 5.86. The fourth-order valence-corrected chi connectivity index (χ4v) is 1.94. The molecule has 0 N–H and O–H groups in total. The Bertz CT molecular complexity index is 380. The Balaban J connectivity index is 4.81. The van der Waals surface area contributed by atoms with Gasteiger partial charge in [0.15, 0.2) is 5.76 Å². The van der Waals surface area contributed by atoms with Crippen LogP contribution in [0.3, 0.4) is 0 Å². The van der Waals surface area contributed by atoms with Crippen molar-refractivity contribution in [3.05, 3.63) is 35.6 Å². The first-order chi connectivity index (χ1) is 9.49. The van der Waals surface area contributed by atoms with Crippen LogP contribution in [0.4, 0.5) is 0 Å². The predicted octanol–water partition coefficient (Wildman–Crippen LogP) is 3.25. The fourth-order valence-electron chi connectivity index (χ4n) is 1.94. The van der Waals surface area contributed by atoms with Crippen molar-refractivity contribution in [2.24, 2.45) is 5.92 Å². The minimum Gasteiger partial charge on any atom is -0.490 e. The van der Waals surface area contributed by atoms with Gasteiger partial charge in [-0.1, -0.05) is 30.7 Å². The maximum absolute atomic E-state index is 11.4. The van der Waals surface area contributed by atoms with Gasteiger partial charge < -0.3 is 14.2 Å². The second-order valence-corrected chi connectivity index (χ2v) is 4.54. The number of ether oxygens (including phenoxy) is 3. The second-order valence-electron chi connectivity index (χ2n) is 4.54. The lowest BCUT2D eigenvalue weighted by Gasteiger charge is -2.19. The number of esters is 1. The summed E-state index contributed by atoms with van der Waals surface area (Å²) in [7, 11) is 4.44. The number of carbonyl (C=O) groups excluding carboxylic acids is 1. The Morgan fingerprint density at radius 2 is 1.85 bits per heavy atom. The highest BCUT2D eigenvalue weighted by Gasteiger charge is 2.16. The van der Waals surface area contributed by atoms with E-state index >= 15 is 0 Å². The summed E-state index contributed by atoms with van der Waals surface area (Å²) in [5.41, 5.74) is 1.19. The van der Waals surface area contributed by atoms with Gasteiger partial charge in [-0.2, -0.15) is 0 Å². The van der Waals surface area contributed by atoms with Crippen LogP contribution in [0.25, 0.3) is 0 Å². The van der Waals surface area contributed by atoms with Crippen LogP contribution in [0, 0.1) is 5.92 Å². The van der Waals surface area contributed by atoms with Gasteiger partial charge in [-0.3, -0.25) is 0 Å². The molecule has 0 amide bonds. The summed E-state index contributed by atoms with van der Waals surface area (Å²) in [6.45, 7) is 6.12. The molecule has 0 aliphatic carbocycles. The molecule has 114 valence electrons. The molecular weight excluding hydrogens is 256 g/mol. The standard InChI is InChI=1S/C16H26O4/c1-7-8-12(2)11-13(3)14(18-4)9-10-15(19-5)16(17)20-6/h7-8,10-11,13-14H,9H2,1-6H3. The van der Waals surface area contributed by atoms with Crippen molar-refractivity contribution in [3.63, 3.8) is 0 Å². The summed E-state index contributed by atoms with van der Waals surface area (Å²) in [6.07, 6.45) is 8.46. The lowest BCUT2D eigenvalue weighted by Crippen LogP contribution is -2.19. The molecule has 0 aromatic carbocycles. The molecule has 0 spiro atoms. The van der Waals surface area contributed by atoms with Crippen LogP contribution < -0.4 is 0 Å². The summed E-state index contributed by atoms with van der Waals surface area (Å²) >= 11 is 0. The van der Waals surface area contributed by atoms with E-state index in [2.05, 4.69) is 17.7 Å². The molecule has 0 aromatic rings. The Morgan fingerprint density at radius 1 is 1.20 bits per heavy atom. The Morgan fingerprint density at radius 3 is 2.30 bits per heavy atom. The monoisotopic (exact) mass is 282 g/mol. The summed E-state index contributed by atoms with van der Waals surface area (Å²) in [6, 6.07) is 0. The third-order valence-corrected chi connectivity index (χ3v) is 2.99. The molecule has 0 saturated heterocycles. The number of methoxy groups -OCH3 is 3.